The summed E-state index contributed by atoms with van der Waals surface area (Å²) in [6.45, 7) is 6.28. The van der Waals surface area contributed by atoms with Crippen molar-refractivity contribution in [2.24, 2.45) is 5.73 Å². The zero-order valence-corrected chi connectivity index (χ0v) is 16.0. The normalized spacial score (nSPS) is 17.5. The summed E-state index contributed by atoms with van der Waals surface area (Å²) in [7, 11) is 1.96. The van der Waals surface area contributed by atoms with Crippen LogP contribution in [-0.4, -0.2) is 66.9 Å². The Labute approximate surface area is 152 Å². The molecule has 1 unspecified atom stereocenters. The van der Waals surface area contributed by atoms with Gasteiger partial charge in [-0.3, -0.25) is 14.5 Å². The lowest BCUT2D eigenvalue weighted by atomic mass is 10.0. The fraction of sp³-hybridized carbons (Fsp3) is 0.867. The van der Waals surface area contributed by atoms with E-state index in [-0.39, 0.29) is 42.7 Å². The number of nitrogens with two attached hydrogens (primary N) is 1. The minimum absolute atomic E-state index is 0. The Hall–Kier alpha value is -0.560. The molecule has 1 rings (SSSR count). The van der Waals surface area contributed by atoms with Crippen molar-refractivity contribution in [3.63, 3.8) is 0 Å². The Morgan fingerprint density at radius 1 is 1.30 bits per heavy atom. The first-order valence-electron chi connectivity index (χ1n) is 7.92. The molecule has 0 aromatic carbocycles. The first-order valence-corrected chi connectivity index (χ1v) is 7.92. The summed E-state index contributed by atoms with van der Waals surface area (Å²) >= 11 is 0. The van der Waals surface area contributed by atoms with Gasteiger partial charge in [-0.1, -0.05) is 0 Å². The van der Waals surface area contributed by atoms with Gasteiger partial charge in [-0.15, -0.1) is 24.8 Å². The summed E-state index contributed by atoms with van der Waals surface area (Å²) < 4.78 is 0. The topological polar surface area (TPSA) is 78.7 Å². The molecule has 3 N–H and O–H groups in total. The van der Waals surface area contributed by atoms with E-state index >= 15 is 0 Å². The predicted molar refractivity (Wildman–Crippen MR) is 98.3 cm³/mol. The van der Waals surface area contributed by atoms with E-state index in [1.165, 1.54) is 0 Å². The minimum atomic E-state index is -0.0326. The molecule has 0 aromatic heterocycles. The van der Waals surface area contributed by atoms with E-state index < -0.39 is 0 Å². The van der Waals surface area contributed by atoms with Gasteiger partial charge in [0.15, 0.2) is 0 Å². The van der Waals surface area contributed by atoms with Crippen LogP contribution in [0.25, 0.3) is 0 Å². The van der Waals surface area contributed by atoms with E-state index in [9.17, 15) is 9.59 Å². The third kappa shape index (κ3) is 8.74. The van der Waals surface area contributed by atoms with Crippen LogP contribution in [0.5, 0.6) is 0 Å². The average Bonchev–Trinajstić information content (AvgIpc) is 2.45. The molecular weight excluding hydrogens is 339 g/mol. The SMILES string of the molecule is CC(C)N(C)CC(=O)N1CCCCC1CNC(=O)CCN.Cl.Cl. The number of amides is 2. The highest BCUT2D eigenvalue weighted by Gasteiger charge is 2.27. The number of piperidine rings is 1. The van der Waals surface area contributed by atoms with Gasteiger partial charge in [0, 0.05) is 38.1 Å². The zero-order valence-electron chi connectivity index (χ0n) is 14.4. The number of nitrogens with zero attached hydrogens (tertiary/aromatic N) is 2. The summed E-state index contributed by atoms with van der Waals surface area (Å²) in [5.74, 6) is 0.124. The van der Waals surface area contributed by atoms with Crippen LogP contribution in [0.1, 0.15) is 39.5 Å². The molecule has 0 spiro atoms. The number of likely N-dealkylation sites (tertiary alicyclic amines) is 1. The van der Waals surface area contributed by atoms with E-state index in [4.69, 9.17) is 5.73 Å². The van der Waals surface area contributed by atoms with Crippen LogP contribution < -0.4 is 11.1 Å². The second-order valence-electron chi connectivity index (χ2n) is 6.09. The number of rotatable bonds is 7. The lowest BCUT2D eigenvalue weighted by Crippen LogP contribution is -2.52. The molecule has 0 aromatic rings. The van der Waals surface area contributed by atoms with Crippen molar-refractivity contribution < 1.29 is 9.59 Å². The molecule has 1 fully saturated rings. The Morgan fingerprint density at radius 2 is 1.96 bits per heavy atom. The number of nitrogens with one attached hydrogen (secondary N) is 1. The number of hydrogen-bond donors (Lipinski definition) is 2. The summed E-state index contributed by atoms with van der Waals surface area (Å²) in [6, 6.07) is 0.468. The monoisotopic (exact) mass is 370 g/mol. The van der Waals surface area contributed by atoms with Crippen LogP contribution in [0.15, 0.2) is 0 Å². The molecular formula is C15H32Cl2N4O2. The van der Waals surface area contributed by atoms with Crippen LogP contribution in [0.3, 0.4) is 0 Å². The zero-order chi connectivity index (χ0) is 15.8. The van der Waals surface area contributed by atoms with Gasteiger partial charge in [0.1, 0.15) is 0 Å². The standard InChI is InChI=1S/C15H30N4O2.2ClH/c1-12(2)18(3)11-15(21)19-9-5-4-6-13(19)10-17-14(20)7-8-16;;/h12-13H,4-11,16H2,1-3H3,(H,17,20);2*1H. The van der Waals surface area contributed by atoms with Gasteiger partial charge in [-0.2, -0.15) is 0 Å². The number of likely N-dealkylation sites (N-methyl/N-ethyl adjacent to an activating group) is 1. The highest BCUT2D eigenvalue weighted by molar-refractivity contribution is 5.85. The van der Waals surface area contributed by atoms with Gasteiger partial charge >= 0.3 is 0 Å². The summed E-state index contributed by atoms with van der Waals surface area (Å²) in [5, 5.41) is 2.89. The lowest BCUT2D eigenvalue weighted by molar-refractivity contribution is -0.136. The first kappa shape index (κ1) is 24.7. The van der Waals surface area contributed by atoms with E-state index in [2.05, 4.69) is 19.2 Å². The molecule has 1 atom stereocenters. The fourth-order valence-corrected chi connectivity index (χ4v) is 2.48. The van der Waals surface area contributed by atoms with E-state index in [0.29, 0.717) is 32.1 Å². The maximum absolute atomic E-state index is 12.4. The Balaban J connectivity index is 0. The fourth-order valence-electron chi connectivity index (χ4n) is 2.48. The maximum atomic E-state index is 12.4. The van der Waals surface area contributed by atoms with Gasteiger partial charge in [-0.05, 0) is 40.2 Å². The molecule has 0 aliphatic carbocycles. The second kappa shape index (κ2) is 12.8. The molecule has 2 amide bonds. The van der Waals surface area contributed by atoms with Crippen LogP contribution in [0.4, 0.5) is 0 Å². The molecule has 0 radical (unpaired) electrons. The van der Waals surface area contributed by atoms with Crippen molar-refractivity contribution in [3.8, 4) is 0 Å². The molecule has 1 saturated heterocycles. The van der Waals surface area contributed by atoms with E-state index in [0.717, 1.165) is 25.8 Å². The minimum Gasteiger partial charge on any atom is -0.354 e. The van der Waals surface area contributed by atoms with Gasteiger partial charge < -0.3 is 16.0 Å². The molecule has 1 aliphatic heterocycles. The third-order valence-corrected chi connectivity index (χ3v) is 4.12. The number of halogens is 2. The Kier molecular flexibility index (Phi) is 13.8. The second-order valence-corrected chi connectivity index (χ2v) is 6.09. The van der Waals surface area contributed by atoms with Crippen molar-refractivity contribution in [1.82, 2.24) is 15.1 Å². The van der Waals surface area contributed by atoms with Crippen LogP contribution >= 0.6 is 24.8 Å². The molecule has 0 bridgehead atoms. The van der Waals surface area contributed by atoms with Crippen LogP contribution in [0, 0.1) is 0 Å². The van der Waals surface area contributed by atoms with Gasteiger partial charge in [-0.25, -0.2) is 0 Å². The highest BCUT2D eigenvalue weighted by Crippen LogP contribution is 2.17. The third-order valence-electron chi connectivity index (χ3n) is 4.12. The van der Waals surface area contributed by atoms with Crippen molar-refractivity contribution in [2.75, 3.05) is 33.2 Å². The summed E-state index contributed by atoms with van der Waals surface area (Å²) in [6.07, 6.45) is 3.46. The van der Waals surface area contributed by atoms with Gasteiger partial charge in [0.25, 0.3) is 0 Å². The number of carbonyl (C=O) groups excluding carboxylic acids is 2. The quantitative estimate of drug-likeness (QED) is 0.700. The van der Waals surface area contributed by atoms with Crippen molar-refractivity contribution in [2.45, 2.75) is 51.6 Å². The Morgan fingerprint density at radius 3 is 2.52 bits per heavy atom. The largest absolute Gasteiger partial charge is 0.354 e. The predicted octanol–water partition coefficient (Wildman–Crippen LogP) is 1.02. The molecule has 8 heteroatoms. The highest BCUT2D eigenvalue weighted by atomic mass is 35.5. The first-order chi connectivity index (χ1) is 9.95. The van der Waals surface area contributed by atoms with Gasteiger partial charge in [0.2, 0.25) is 11.8 Å². The van der Waals surface area contributed by atoms with E-state index in [1.54, 1.807) is 0 Å². The summed E-state index contributed by atoms with van der Waals surface area (Å²) in [5.41, 5.74) is 5.37. The number of hydrogen-bond acceptors (Lipinski definition) is 4. The van der Waals surface area contributed by atoms with Crippen LogP contribution in [-0.2, 0) is 9.59 Å². The van der Waals surface area contributed by atoms with Gasteiger partial charge in [0.05, 0.1) is 6.54 Å². The van der Waals surface area contributed by atoms with E-state index in [1.807, 2.05) is 16.8 Å². The summed E-state index contributed by atoms with van der Waals surface area (Å²) in [4.78, 5) is 28.0. The molecule has 23 heavy (non-hydrogen) atoms. The smallest absolute Gasteiger partial charge is 0.237 e. The van der Waals surface area contributed by atoms with Crippen molar-refractivity contribution in [3.05, 3.63) is 0 Å². The lowest BCUT2D eigenvalue weighted by Gasteiger charge is -2.37. The Bertz CT molecular complexity index is 356. The maximum Gasteiger partial charge on any atom is 0.237 e. The van der Waals surface area contributed by atoms with Crippen molar-refractivity contribution >= 4 is 36.6 Å². The average molecular weight is 371 g/mol. The van der Waals surface area contributed by atoms with Crippen molar-refractivity contribution in [1.29, 1.82) is 0 Å². The molecule has 138 valence electrons. The molecule has 6 nitrogen and oxygen atoms in total. The molecule has 1 heterocycles. The molecule has 1 aliphatic rings. The van der Waals surface area contributed by atoms with Crippen LogP contribution in [0.2, 0.25) is 0 Å². The molecule has 0 saturated carbocycles. The number of carbonyl (C=O) groups is 2.